The van der Waals surface area contributed by atoms with Gasteiger partial charge in [0.1, 0.15) is 0 Å². The van der Waals surface area contributed by atoms with E-state index in [1.807, 2.05) is 6.92 Å². The molecule has 1 aromatic carbocycles. The molecular weight excluding hydrogens is 250 g/mol. The number of anilines is 2. The van der Waals surface area contributed by atoms with E-state index in [4.69, 9.17) is 5.73 Å². The average Bonchev–Trinajstić information content (AvgIpc) is 2.34. The first-order valence-electron chi connectivity index (χ1n) is 5.83. The van der Waals surface area contributed by atoms with Gasteiger partial charge < -0.3 is 21.7 Å². The maximum absolute atomic E-state index is 10.8. The van der Waals surface area contributed by atoms with Gasteiger partial charge in [0.25, 0.3) is 5.69 Å². The van der Waals surface area contributed by atoms with Crippen molar-refractivity contribution in [2.24, 2.45) is 5.73 Å². The molecule has 0 aromatic heterocycles. The number of rotatable bonds is 7. The Morgan fingerprint density at radius 2 is 1.89 bits per heavy atom. The van der Waals surface area contributed by atoms with E-state index in [1.165, 1.54) is 12.1 Å². The van der Waals surface area contributed by atoms with Gasteiger partial charge in [0.2, 0.25) is 0 Å². The Balaban J connectivity index is 2.70. The number of carbonyl (C=O) groups excluding carboxylic acids is 1. The highest BCUT2D eigenvalue weighted by Crippen LogP contribution is 2.24. The quantitative estimate of drug-likeness (QED) is 0.335. The summed E-state index contributed by atoms with van der Waals surface area (Å²) in [6, 6.07) is 4.07. The number of urea groups is 1. The lowest BCUT2D eigenvalue weighted by atomic mass is 10.2. The summed E-state index contributed by atoms with van der Waals surface area (Å²) in [7, 11) is 0. The third kappa shape index (κ3) is 5.11. The summed E-state index contributed by atoms with van der Waals surface area (Å²) in [5, 5.41) is 19.2. The Labute approximate surface area is 110 Å². The molecule has 8 heteroatoms. The first-order chi connectivity index (χ1) is 9.02. The van der Waals surface area contributed by atoms with Crippen LogP contribution in [-0.2, 0) is 0 Å². The van der Waals surface area contributed by atoms with Crippen molar-refractivity contribution in [3.63, 3.8) is 0 Å². The van der Waals surface area contributed by atoms with Gasteiger partial charge in [-0.1, -0.05) is 0 Å². The molecule has 0 heterocycles. The van der Waals surface area contributed by atoms with E-state index in [0.717, 1.165) is 0 Å². The highest BCUT2D eigenvalue weighted by molar-refractivity contribution is 5.71. The zero-order chi connectivity index (χ0) is 14.3. The third-order valence-corrected chi connectivity index (χ3v) is 2.26. The van der Waals surface area contributed by atoms with Gasteiger partial charge in [-0.3, -0.25) is 10.1 Å². The lowest BCUT2D eigenvalue weighted by Crippen LogP contribution is -2.33. The first-order valence-corrected chi connectivity index (χ1v) is 5.83. The maximum Gasteiger partial charge on any atom is 0.312 e. The molecule has 1 aromatic rings. The van der Waals surface area contributed by atoms with Crippen LogP contribution < -0.4 is 21.7 Å². The number of non-ortho nitro benzene ring substituents is 1. The van der Waals surface area contributed by atoms with Crippen LogP contribution in [0.25, 0.3) is 0 Å². The number of nitro groups is 1. The minimum atomic E-state index is -0.603. The van der Waals surface area contributed by atoms with Crippen molar-refractivity contribution in [1.29, 1.82) is 0 Å². The second-order valence-corrected chi connectivity index (χ2v) is 3.77. The molecule has 0 radical (unpaired) electrons. The summed E-state index contributed by atoms with van der Waals surface area (Å²) in [6.07, 6.45) is 0. The van der Waals surface area contributed by atoms with Crippen molar-refractivity contribution in [2.45, 2.75) is 6.92 Å². The number of hydrogen-bond acceptors (Lipinski definition) is 5. The number of primary amides is 1. The molecule has 0 spiro atoms. The number of nitrogens with zero attached hydrogens (tertiary/aromatic N) is 1. The second kappa shape index (κ2) is 7.04. The molecule has 0 unspecified atom stereocenters. The summed E-state index contributed by atoms with van der Waals surface area (Å²) >= 11 is 0. The van der Waals surface area contributed by atoms with E-state index in [9.17, 15) is 14.9 Å². The summed E-state index contributed by atoms with van der Waals surface area (Å²) in [4.78, 5) is 20.8. The van der Waals surface area contributed by atoms with Crippen molar-refractivity contribution >= 4 is 23.1 Å². The topological polar surface area (TPSA) is 122 Å². The Hall–Kier alpha value is -2.51. The molecule has 0 saturated heterocycles. The van der Waals surface area contributed by atoms with Crippen LogP contribution >= 0.6 is 0 Å². The van der Waals surface area contributed by atoms with E-state index in [2.05, 4.69) is 16.0 Å². The molecule has 104 valence electrons. The minimum absolute atomic E-state index is 0.00353. The van der Waals surface area contributed by atoms with Crippen molar-refractivity contribution in [1.82, 2.24) is 5.32 Å². The Bertz CT molecular complexity index is 464. The third-order valence-electron chi connectivity index (χ3n) is 2.26. The van der Waals surface area contributed by atoms with Gasteiger partial charge in [-0.15, -0.1) is 0 Å². The number of nitrogens with one attached hydrogen (secondary N) is 3. The van der Waals surface area contributed by atoms with Gasteiger partial charge in [0.05, 0.1) is 4.92 Å². The zero-order valence-electron chi connectivity index (χ0n) is 10.6. The van der Waals surface area contributed by atoms with Crippen LogP contribution in [0.4, 0.5) is 21.9 Å². The van der Waals surface area contributed by atoms with E-state index in [-0.39, 0.29) is 5.69 Å². The van der Waals surface area contributed by atoms with Crippen LogP contribution in [0.2, 0.25) is 0 Å². The predicted octanol–water partition coefficient (Wildman–Crippen LogP) is 1.11. The Morgan fingerprint density at radius 3 is 2.42 bits per heavy atom. The van der Waals surface area contributed by atoms with Crippen LogP contribution in [0.5, 0.6) is 0 Å². The van der Waals surface area contributed by atoms with Crippen LogP contribution in [-0.4, -0.2) is 30.6 Å². The molecule has 0 aliphatic rings. The van der Waals surface area contributed by atoms with E-state index in [1.54, 1.807) is 6.07 Å². The molecule has 8 nitrogen and oxygen atoms in total. The number of nitro benzene ring substituents is 1. The average molecular weight is 267 g/mol. The van der Waals surface area contributed by atoms with Crippen LogP contribution in [0, 0.1) is 10.1 Å². The minimum Gasteiger partial charge on any atom is -0.385 e. The number of benzene rings is 1. The first kappa shape index (κ1) is 14.6. The molecule has 0 aliphatic heterocycles. The predicted molar refractivity (Wildman–Crippen MR) is 73.3 cm³/mol. The molecule has 0 bridgehead atoms. The molecule has 0 fully saturated rings. The number of hydrogen-bond donors (Lipinski definition) is 4. The van der Waals surface area contributed by atoms with Crippen molar-refractivity contribution in [2.75, 3.05) is 30.3 Å². The fourth-order valence-corrected chi connectivity index (χ4v) is 1.52. The second-order valence-electron chi connectivity index (χ2n) is 3.77. The van der Waals surface area contributed by atoms with Crippen molar-refractivity contribution < 1.29 is 9.72 Å². The lowest BCUT2D eigenvalue weighted by molar-refractivity contribution is -0.384. The van der Waals surface area contributed by atoms with Crippen molar-refractivity contribution in [3.8, 4) is 0 Å². The normalized spacial score (nSPS) is 9.74. The molecule has 0 saturated carbocycles. The fourth-order valence-electron chi connectivity index (χ4n) is 1.52. The molecule has 2 amide bonds. The van der Waals surface area contributed by atoms with Gasteiger partial charge in [0.15, 0.2) is 0 Å². The van der Waals surface area contributed by atoms with Gasteiger partial charge in [-0.25, -0.2) is 4.79 Å². The molecule has 19 heavy (non-hydrogen) atoms. The fraction of sp³-hybridized carbons (Fsp3) is 0.364. The molecule has 1 rings (SSSR count). The van der Waals surface area contributed by atoms with Crippen LogP contribution in [0.3, 0.4) is 0 Å². The molecule has 0 atom stereocenters. The van der Waals surface area contributed by atoms with Crippen LogP contribution in [0.15, 0.2) is 18.2 Å². The van der Waals surface area contributed by atoms with E-state index < -0.39 is 11.0 Å². The molecule has 0 aliphatic carbocycles. The summed E-state index contributed by atoms with van der Waals surface area (Å²) in [5.74, 6) is 0. The largest absolute Gasteiger partial charge is 0.385 e. The highest BCUT2D eigenvalue weighted by atomic mass is 16.6. The highest BCUT2D eigenvalue weighted by Gasteiger charge is 2.09. The van der Waals surface area contributed by atoms with Gasteiger partial charge in [-0.05, 0) is 13.0 Å². The van der Waals surface area contributed by atoms with Crippen molar-refractivity contribution in [3.05, 3.63) is 28.3 Å². The summed E-state index contributed by atoms with van der Waals surface area (Å²) in [6.45, 7) is 3.34. The standard InChI is InChI=1S/C11H17N5O3/c1-2-13-8-5-9(7-10(6-8)16(18)19)14-3-4-15-11(12)17/h5-7,13-14H,2-4H2,1H3,(H3,12,15,17). The number of amides is 2. The molecular formula is C11H17N5O3. The van der Waals surface area contributed by atoms with Gasteiger partial charge in [-0.2, -0.15) is 0 Å². The van der Waals surface area contributed by atoms with E-state index >= 15 is 0 Å². The number of nitrogens with two attached hydrogens (primary N) is 1. The lowest BCUT2D eigenvalue weighted by Gasteiger charge is -2.09. The van der Waals surface area contributed by atoms with Crippen LogP contribution in [0.1, 0.15) is 6.92 Å². The Morgan fingerprint density at radius 1 is 1.26 bits per heavy atom. The molecule has 5 N–H and O–H groups in total. The summed E-state index contributed by atoms with van der Waals surface area (Å²) in [5.41, 5.74) is 6.20. The zero-order valence-corrected chi connectivity index (χ0v) is 10.6. The smallest absolute Gasteiger partial charge is 0.312 e. The van der Waals surface area contributed by atoms with Gasteiger partial charge >= 0.3 is 6.03 Å². The van der Waals surface area contributed by atoms with Gasteiger partial charge in [0, 0.05) is 43.1 Å². The maximum atomic E-state index is 10.8. The number of carbonyl (C=O) groups is 1. The Kier molecular flexibility index (Phi) is 5.39. The van der Waals surface area contributed by atoms with E-state index in [0.29, 0.717) is 31.0 Å². The monoisotopic (exact) mass is 267 g/mol. The SMILES string of the molecule is CCNc1cc(NCCNC(N)=O)cc([N+](=O)[O-])c1. The summed E-state index contributed by atoms with van der Waals surface area (Å²) < 4.78 is 0.